The van der Waals surface area contributed by atoms with Crippen LogP contribution in [0.3, 0.4) is 0 Å². The zero-order valence-corrected chi connectivity index (χ0v) is 10.7. The van der Waals surface area contributed by atoms with Gasteiger partial charge in [-0.15, -0.1) is 6.42 Å². The summed E-state index contributed by atoms with van der Waals surface area (Å²) in [6.07, 6.45) is 5.14. The average molecular weight is 296 g/mol. The highest BCUT2D eigenvalue weighted by atomic mass is 32.2. The van der Waals surface area contributed by atoms with Crippen molar-refractivity contribution in [3.05, 3.63) is 59.4 Å². The molecule has 0 amide bonds. The summed E-state index contributed by atoms with van der Waals surface area (Å²) in [7, 11) is -4.14. The summed E-state index contributed by atoms with van der Waals surface area (Å²) in [5, 5.41) is 0. The van der Waals surface area contributed by atoms with Crippen LogP contribution in [0.25, 0.3) is 0 Å². The van der Waals surface area contributed by atoms with Gasteiger partial charge in [0.1, 0.15) is 0 Å². The standard InChI is InChI=1S/C14H7F3O2S/c1-2-9-3-5-10(6-4-9)20(18,19)11-7-12(15)14(17)13(16)8-11/h1,3-8H. The number of sulfone groups is 1. The van der Waals surface area contributed by atoms with E-state index in [-0.39, 0.29) is 4.90 Å². The van der Waals surface area contributed by atoms with Gasteiger partial charge in [-0.1, -0.05) is 5.92 Å². The molecule has 102 valence electrons. The van der Waals surface area contributed by atoms with Crippen LogP contribution < -0.4 is 0 Å². The first kappa shape index (κ1) is 14.2. The number of terminal acetylenes is 1. The van der Waals surface area contributed by atoms with E-state index in [1.54, 1.807) is 0 Å². The van der Waals surface area contributed by atoms with Gasteiger partial charge in [0.25, 0.3) is 0 Å². The van der Waals surface area contributed by atoms with Crippen LogP contribution in [0.1, 0.15) is 5.56 Å². The van der Waals surface area contributed by atoms with Crippen LogP contribution in [0.4, 0.5) is 13.2 Å². The zero-order chi connectivity index (χ0) is 14.9. The molecular formula is C14H7F3O2S. The number of hydrogen-bond acceptors (Lipinski definition) is 2. The summed E-state index contributed by atoms with van der Waals surface area (Å²) in [5.41, 5.74) is 0.459. The molecule has 6 heteroatoms. The van der Waals surface area contributed by atoms with Crippen molar-refractivity contribution >= 4 is 9.84 Å². The van der Waals surface area contributed by atoms with Crippen molar-refractivity contribution in [2.45, 2.75) is 9.79 Å². The molecule has 2 nitrogen and oxygen atoms in total. The Kier molecular flexibility index (Phi) is 3.55. The van der Waals surface area contributed by atoms with Gasteiger partial charge in [0, 0.05) is 5.56 Å². The number of benzene rings is 2. The van der Waals surface area contributed by atoms with E-state index in [1.807, 2.05) is 0 Å². The predicted octanol–water partition coefficient (Wildman–Crippen LogP) is 2.92. The summed E-state index contributed by atoms with van der Waals surface area (Å²) in [5.74, 6) is -2.54. The lowest BCUT2D eigenvalue weighted by Crippen LogP contribution is -2.05. The molecule has 0 N–H and O–H groups in total. The smallest absolute Gasteiger partial charge is 0.206 e. The van der Waals surface area contributed by atoms with Crippen molar-refractivity contribution in [3.63, 3.8) is 0 Å². The summed E-state index contributed by atoms with van der Waals surface area (Å²) < 4.78 is 63.3. The number of rotatable bonds is 2. The van der Waals surface area contributed by atoms with Crippen molar-refractivity contribution in [1.29, 1.82) is 0 Å². The Morgan fingerprint density at radius 3 is 1.85 bits per heavy atom. The van der Waals surface area contributed by atoms with E-state index in [0.29, 0.717) is 17.7 Å². The Morgan fingerprint density at radius 1 is 0.900 bits per heavy atom. The lowest BCUT2D eigenvalue weighted by atomic mass is 10.2. The fraction of sp³-hybridized carbons (Fsp3) is 0. The van der Waals surface area contributed by atoms with Crippen LogP contribution in [0, 0.1) is 29.8 Å². The molecule has 0 aliphatic carbocycles. The molecule has 0 fully saturated rings. The molecule has 0 atom stereocenters. The Balaban J connectivity index is 2.58. The largest absolute Gasteiger partial charge is 0.219 e. The van der Waals surface area contributed by atoms with Crippen LogP contribution in [0.5, 0.6) is 0 Å². The summed E-state index contributed by atoms with van der Waals surface area (Å²) in [4.78, 5) is -0.857. The van der Waals surface area contributed by atoms with E-state index >= 15 is 0 Å². The molecule has 2 rings (SSSR count). The van der Waals surface area contributed by atoms with E-state index in [0.717, 1.165) is 0 Å². The Bertz CT molecular complexity index is 780. The quantitative estimate of drug-likeness (QED) is 0.485. The van der Waals surface area contributed by atoms with Crippen molar-refractivity contribution < 1.29 is 21.6 Å². The van der Waals surface area contributed by atoms with Gasteiger partial charge in [-0.2, -0.15) is 0 Å². The Labute approximate surface area is 113 Å². The third-order valence-corrected chi connectivity index (χ3v) is 4.35. The molecule has 0 aliphatic heterocycles. The van der Waals surface area contributed by atoms with Gasteiger partial charge in [0.15, 0.2) is 17.5 Å². The third kappa shape index (κ3) is 2.40. The first-order valence-electron chi connectivity index (χ1n) is 5.32. The zero-order valence-electron chi connectivity index (χ0n) is 9.90. The molecule has 2 aromatic rings. The van der Waals surface area contributed by atoms with Crippen LogP contribution in [0.15, 0.2) is 46.2 Å². The van der Waals surface area contributed by atoms with Crippen molar-refractivity contribution in [3.8, 4) is 12.3 Å². The minimum absolute atomic E-state index is 0.193. The molecule has 2 aromatic carbocycles. The Hall–Kier alpha value is -2.26. The molecule has 0 saturated carbocycles. The van der Waals surface area contributed by atoms with Crippen LogP contribution in [0.2, 0.25) is 0 Å². The SMILES string of the molecule is C#Cc1ccc(S(=O)(=O)c2cc(F)c(F)c(F)c2)cc1. The van der Waals surface area contributed by atoms with E-state index in [2.05, 4.69) is 5.92 Å². The minimum atomic E-state index is -4.14. The normalized spacial score (nSPS) is 11.1. The van der Waals surface area contributed by atoms with Crippen molar-refractivity contribution in [2.24, 2.45) is 0 Å². The molecular weight excluding hydrogens is 289 g/mol. The summed E-state index contributed by atoms with van der Waals surface area (Å²) in [6.45, 7) is 0. The molecule has 0 aliphatic rings. The molecule has 20 heavy (non-hydrogen) atoms. The van der Waals surface area contributed by atoms with Gasteiger partial charge in [-0.05, 0) is 36.4 Å². The maximum atomic E-state index is 13.1. The lowest BCUT2D eigenvalue weighted by Gasteiger charge is -2.06. The maximum Gasteiger partial charge on any atom is 0.206 e. The third-order valence-electron chi connectivity index (χ3n) is 2.60. The van der Waals surface area contributed by atoms with Crippen molar-refractivity contribution in [1.82, 2.24) is 0 Å². The fourth-order valence-electron chi connectivity index (χ4n) is 1.55. The summed E-state index contributed by atoms with van der Waals surface area (Å²) >= 11 is 0. The van der Waals surface area contributed by atoms with E-state index in [4.69, 9.17) is 6.42 Å². The van der Waals surface area contributed by atoms with Gasteiger partial charge in [-0.25, -0.2) is 21.6 Å². The van der Waals surface area contributed by atoms with Gasteiger partial charge in [0.05, 0.1) is 9.79 Å². The number of hydrogen-bond donors (Lipinski definition) is 0. The first-order valence-corrected chi connectivity index (χ1v) is 6.81. The highest BCUT2D eigenvalue weighted by molar-refractivity contribution is 7.91. The predicted molar refractivity (Wildman–Crippen MR) is 66.1 cm³/mol. The topological polar surface area (TPSA) is 34.1 Å². The highest BCUT2D eigenvalue weighted by Gasteiger charge is 2.22. The second-order valence-electron chi connectivity index (χ2n) is 3.87. The fourth-order valence-corrected chi connectivity index (χ4v) is 2.84. The molecule has 0 bridgehead atoms. The molecule has 0 aromatic heterocycles. The number of halogens is 3. The van der Waals surface area contributed by atoms with Crippen molar-refractivity contribution in [2.75, 3.05) is 0 Å². The average Bonchev–Trinajstić information content (AvgIpc) is 2.44. The monoisotopic (exact) mass is 296 g/mol. The second-order valence-corrected chi connectivity index (χ2v) is 5.82. The second kappa shape index (κ2) is 5.02. The molecule has 0 heterocycles. The summed E-state index contributed by atoms with van der Waals surface area (Å²) in [6, 6.07) is 6.05. The van der Waals surface area contributed by atoms with Crippen LogP contribution in [-0.2, 0) is 9.84 Å². The minimum Gasteiger partial charge on any atom is -0.219 e. The Morgan fingerprint density at radius 2 is 1.40 bits per heavy atom. The first-order chi connectivity index (χ1) is 9.36. The molecule has 0 radical (unpaired) electrons. The van der Waals surface area contributed by atoms with Crippen LogP contribution >= 0.6 is 0 Å². The van der Waals surface area contributed by atoms with Gasteiger partial charge < -0.3 is 0 Å². The molecule has 0 unspecified atom stereocenters. The van der Waals surface area contributed by atoms with E-state index < -0.39 is 32.2 Å². The molecule has 0 spiro atoms. The van der Waals surface area contributed by atoms with Gasteiger partial charge in [0.2, 0.25) is 9.84 Å². The van der Waals surface area contributed by atoms with Gasteiger partial charge >= 0.3 is 0 Å². The highest BCUT2D eigenvalue weighted by Crippen LogP contribution is 2.24. The lowest BCUT2D eigenvalue weighted by molar-refractivity contribution is 0.442. The van der Waals surface area contributed by atoms with Crippen LogP contribution in [-0.4, -0.2) is 8.42 Å². The molecule has 0 saturated heterocycles. The van der Waals surface area contributed by atoms with E-state index in [9.17, 15) is 21.6 Å². The maximum absolute atomic E-state index is 13.1. The van der Waals surface area contributed by atoms with E-state index in [1.165, 1.54) is 24.3 Å². The van der Waals surface area contributed by atoms with Gasteiger partial charge in [-0.3, -0.25) is 0 Å².